The number of aryl methyl sites for hydroxylation is 1. The van der Waals surface area contributed by atoms with Crippen molar-refractivity contribution < 1.29 is 17.2 Å². The van der Waals surface area contributed by atoms with Crippen LogP contribution in [0.25, 0.3) is 0 Å². The van der Waals surface area contributed by atoms with E-state index in [2.05, 4.69) is 4.72 Å². The van der Waals surface area contributed by atoms with Gasteiger partial charge >= 0.3 is 0 Å². The van der Waals surface area contributed by atoms with Crippen molar-refractivity contribution >= 4 is 10.0 Å². The van der Waals surface area contributed by atoms with Crippen LogP contribution in [-0.4, -0.2) is 8.42 Å². The highest BCUT2D eigenvalue weighted by Crippen LogP contribution is 2.31. The molecule has 2 aromatic carbocycles. The van der Waals surface area contributed by atoms with E-state index in [9.17, 15) is 17.2 Å². The summed E-state index contributed by atoms with van der Waals surface area (Å²) in [5.74, 6) is -2.17. The summed E-state index contributed by atoms with van der Waals surface area (Å²) in [5, 5.41) is 0. The third kappa shape index (κ3) is 2.76. The first-order valence-corrected chi connectivity index (χ1v) is 8.51. The Morgan fingerprint density at radius 1 is 1.00 bits per heavy atom. The molecule has 0 unspecified atom stereocenters. The molecule has 0 saturated heterocycles. The minimum absolute atomic E-state index is 0.464. The summed E-state index contributed by atoms with van der Waals surface area (Å²) in [4.78, 5) is -0.918. The molecule has 6 heteroatoms. The van der Waals surface area contributed by atoms with E-state index in [1.165, 1.54) is 0 Å². The lowest BCUT2D eigenvalue weighted by molar-refractivity contribution is 0.487. The maximum absolute atomic E-state index is 13.7. The molecule has 0 aromatic heterocycles. The summed E-state index contributed by atoms with van der Waals surface area (Å²) in [5.41, 5.74) is 1.93. The molecule has 3 rings (SSSR count). The van der Waals surface area contributed by atoms with Crippen molar-refractivity contribution in [1.29, 1.82) is 0 Å². The van der Waals surface area contributed by atoms with Gasteiger partial charge in [-0.05, 0) is 42.5 Å². The average molecular weight is 323 g/mol. The SMILES string of the molecule is O=S(=O)(N[C@@H]1CCCc2ccccc21)c1c(F)cccc1F. The highest BCUT2D eigenvalue weighted by atomic mass is 32.2. The summed E-state index contributed by atoms with van der Waals surface area (Å²) < 4.78 is 54.6. The zero-order chi connectivity index (χ0) is 15.7. The molecule has 0 fully saturated rings. The van der Waals surface area contributed by atoms with E-state index >= 15 is 0 Å². The normalized spacial score (nSPS) is 18.0. The zero-order valence-corrected chi connectivity index (χ0v) is 12.5. The van der Waals surface area contributed by atoms with Crippen LogP contribution < -0.4 is 4.72 Å². The molecule has 0 amide bonds. The van der Waals surface area contributed by atoms with Crippen LogP contribution in [0.3, 0.4) is 0 Å². The highest BCUT2D eigenvalue weighted by molar-refractivity contribution is 7.89. The first-order chi connectivity index (χ1) is 10.5. The van der Waals surface area contributed by atoms with Crippen LogP contribution in [0.2, 0.25) is 0 Å². The van der Waals surface area contributed by atoms with E-state index in [1.807, 2.05) is 24.3 Å². The summed E-state index contributed by atoms with van der Waals surface area (Å²) in [7, 11) is -4.26. The summed E-state index contributed by atoms with van der Waals surface area (Å²) in [6, 6.07) is 10.1. The van der Waals surface area contributed by atoms with Crippen molar-refractivity contribution in [3.05, 3.63) is 65.2 Å². The van der Waals surface area contributed by atoms with Gasteiger partial charge in [-0.3, -0.25) is 0 Å². The van der Waals surface area contributed by atoms with Gasteiger partial charge in [-0.15, -0.1) is 0 Å². The van der Waals surface area contributed by atoms with Gasteiger partial charge in [0.15, 0.2) is 4.90 Å². The van der Waals surface area contributed by atoms with Gasteiger partial charge in [-0.25, -0.2) is 21.9 Å². The van der Waals surface area contributed by atoms with Gasteiger partial charge in [0.25, 0.3) is 0 Å². The minimum Gasteiger partial charge on any atom is -0.207 e. The first-order valence-electron chi connectivity index (χ1n) is 7.03. The minimum atomic E-state index is -4.26. The molecule has 1 aliphatic carbocycles. The van der Waals surface area contributed by atoms with Crippen molar-refractivity contribution in [1.82, 2.24) is 4.72 Å². The summed E-state index contributed by atoms with van der Waals surface area (Å²) in [6.45, 7) is 0. The zero-order valence-electron chi connectivity index (χ0n) is 11.7. The standard InChI is InChI=1S/C16H15F2NO2S/c17-13-8-4-9-14(18)16(13)22(20,21)19-15-10-3-6-11-5-1-2-7-12(11)15/h1-2,4-5,7-9,15,19H,3,6,10H2/t15-/m1/s1. The van der Waals surface area contributed by atoms with Crippen molar-refractivity contribution in [2.75, 3.05) is 0 Å². The van der Waals surface area contributed by atoms with Gasteiger partial charge in [0.05, 0.1) is 0 Å². The second kappa shape index (κ2) is 5.78. The van der Waals surface area contributed by atoms with E-state index in [-0.39, 0.29) is 0 Å². The fourth-order valence-corrected chi connectivity index (χ4v) is 4.25. The fourth-order valence-electron chi connectivity index (χ4n) is 2.86. The summed E-state index contributed by atoms with van der Waals surface area (Å²) in [6.07, 6.45) is 2.30. The van der Waals surface area contributed by atoms with Crippen LogP contribution in [0, 0.1) is 11.6 Å². The molecule has 1 atom stereocenters. The lowest BCUT2D eigenvalue weighted by atomic mass is 9.88. The van der Waals surface area contributed by atoms with E-state index in [4.69, 9.17) is 0 Å². The Kier molecular flexibility index (Phi) is 3.97. The third-order valence-corrected chi connectivity index (χ3v) is 5.38. The van der Waals surface area contributed by atoms with Gasteiger partial charge in [0.1, 0.15) is 11.6 Å². The maximum atomic E-state index is 13.7. The van der Waals surface area contributed by atoms with Crippen molar-refractivity contribution in [2.24, 2.45) is 0 Å². The lowest BCUT2D eigenvalue weighted by Crippen LogP contribution is -2.32. The van der Waals surface area contributed by atoms with Crippen LogP contribution in [0.4, 0.5) is 8.78 Å². The highest BCUT2D eigenvalue weighted by Gasteiger charge is 2.29. The number of rotatable bonds is 3. The molecule has 2 aromatic rings. The molecule has 0 radical (unpaired) electrons. The molecule has 0 heterocycles. The van der Waals surface area contributed by atoms with Crippen molar-refractivity contribution in [3.63, 3.8) is 0 Å². The number of sulfonamides is 1. The fraction of sp³-hybridized carbons (Fsp3) is 0.250. The Balaban J connectivity index is 1.97. The van der Waals surface area contributed by atoms with Crippen LogP contribution in [-0.2, 0) is 16.4 Å². The average Bonchev–Trinajstić information content (AvgIpc) is 2.47. The molecule has 116 valence electrons. The Hall–Kier alpha value is -1.79. The number of halogens is 2. The van der Waals surface area contributed by atoms with Crippen LogP contribution >= 0.6 is 0 Å². The number of nitrogens with one attached hydrogen (secondary N) is 1. The molecule has 22 heavy (non-hydrogen) atoms. The Morgan fingerprint density at radius 3 is 2.41 bits per heavy atom. The monoisotopic (exact) mass is 323 g/mol. The van der Waals surface area contributed by atoms with Crippen LogP contribution in [0.5, 0.6) is 0 Å². The second-order valence-electron chi connectivity index (χ2n) is 5.32. The van der Waals surface area contributed by atoms with Crippen LogP contribution in [0.15, 0.2) is 47.4 Å². The molecule has 3 nitrogen and oxygen atoms in total. The lowest BCUT2D eigenvalue weighted by Gasteiger charge is -2.26. The van der Waals surface area contributed by atoms with Crippen LogP contribution in [0.1, 0.15) is 30.0 Å². The number of hydrogen-bond acceptors (Lipinski definition) is 2. The number of fused-ring (bicyclic) bond motifs is 1. The molecule has 1 N–H and O–H groups in total. The van der Waals surface area contributed by atoms with E-state index in [1.54, 1.807) is 0 Å². The Bertz CT molecular complexity index is 785. The molecule has 0 spiro atoms. The van der Waals surface area contributed by atoms with E-state index in [0.29, 0.717) is 6.42 Å². The molecule has 0 bridgehead atoms. The number of hydrogen-bond donors (Lipinski definition) is 1. The van der Waals surface area contributed by atoms with Gasteiger partial charge in [-0.2, -0.15) is 0 Å². The predicted octanol–water partition coefficient (Wildman–Crippen LogP) is 3.32. The quantitative estimate of drug-likeness (QED) is 0.942. The molecule has 0 saturated carbocycles. The largest absolute Gasteiger partial charge is 0.246 e. The smallest absolute Gasteiger partial charge is 0.207 e. The van der Waals surface area contributed by atoms with Gasteiger partial charge in [0, 0.05) is 6.04 Å². The number of benzene rings is 2. The van der Waals surface area contributed by atoms with Crippen molar-refractivity contribution in [2.45, 2.75) is 30.2 Å². The Morgan fingerprint density at radius 2 is 1.68 bits per heavy atom. The second-order valence-corrected chi connectivity index (χ2v) is 6.97. The Labute approximate surface area is 128 Å². The van der Waals surface area contributed by atoms with Gasteiger partial charge in [-0.1, -0.05) is 30.3 Å². The third-order valence-electron chi connectivity index (χ3n) is 3.85. The van der Waals surface area contributed by atoms with Gasteiger partial charge in [0.2, 0.25) is 10.0 Å². The maximum Gasteiger partial charge on any atom is 0.246 e. The molecular formula is C16H15F2NO2S. The molecule has 1 aliphatic rings. The van der Waals surface area contributed by atoms with E-state index < -0.39 is 32.6 Å². The summed E-state index contributed by atoms with van der Waals surface area (Å²) >= 11 is 0. The first kappa shape index (κ1) is 15.1. The predicted molar refractivity (Wildman–Crippen MR) is 78.8 cm³/mol. The molecule has 0 aliphatic heterocycles. The van der Waals surface area contributed by atoms with Crippen molar-refractivity contribution in [3.8, 4) is 0 Å². The topological polar surface area (TPSA) is 46.2 Å². The van der Waals surface area contributed by atoms with E-state index in [0.717, 1.165) is 42.2 Å². The molecular weight excluding hydrogens is 308 g/mol. The van der Waals surface area contributed by atoms with Gasteiger partial charge < -0.3 is 0 Å².